The minimum Gasteiger partial charge on any atom is -0.444 e. The predicted molar refractivity (Wildman–Crippen MR) is 98.8 cm³/mol. The lowest BCUT2D eigenvalue weighted by atomic mass is 10.1. The zero-order valence-corrected chi connectivity index (χ0v) is 16.0. The number of fused-ring (bicyclic) bond motifs is 1. The third kappa shape index (κ3) is 4.97. The van der Waals surface area contributed by atoms with Gasteiger partial charge in [0.1, 0.15) is 17.7 Å². The number of likely N-dealkylation sites (N-methyl/N-ethyl adjacent to an activating group) is 1. The molecule has 3 amide bonds. The highest BCUT2D eigenvalue weighted by Crippen LogP contribution is 2.21. The Hall–Kier alpha value is -2.57. The van der Waals surface area contributed by atoms with E-state index >= 15 is 0 Å². The van der Waals surface area contributed by atoms with Crippen LogP contribution in [0.25, 0.3) is 0 Å². The van der Waals surface area contributed by atoms with Crippen molar-refractivity contribution in [3.8, 4) is 0 Å². The van der Waals surface area contributed by atoms with Gasteiger partial charge >= 0.3 is 6.09 Å². The Morgan fingerprint density at radius 2 is 1.96 bits per heavy atom. The summed E-state index contributed by atoms with van der Waals surface area (Å²) in [6.45, 7) is 6.88. The third-order valence-corrected chi connectivity index (χ3v) is 4.25. The van der Waals surface area contributed by atoms with Gasteiger partial charge in [-0.2, -0.15) is 0 Å². The fraction of sp³-hybridized carbons (Fsp3) is 0.526. The molecule has 7 nitrogen and oxygen atoms in total. The molecule has 0 spiro atoms. The van der Waals surface area contributed by atoms with E-state index in [4.69, 9.17) is 4.74 Å². The highest BCUT2D eigenvalue weighted by atomic mass is 16.6. The topological polar surface area (TPSA) is 87.7 Å². The molecule has 1 heterocycles. The predicted octanol–water partition coefficient (Wildman–Crippen LogP) is 2.31. The number of ether oxygens (including phenoxy) is 1. The standard InChI is InChI=1S/C19H27N3O4/c1-12(22(5)18(25)26-19(2,3)4)16(23)21-15-11-10-13-8-6-7-9-14(13)20-17(15)24/h6-9,12,15H,10-11H2,1-5H3,(H,20,24)(H,21,23)/t12?,15-/m0/s1. The van der Waals surface area contributed by atoms with Crippen LogP contribution in [-0.4, -0.2) is 47.5 Å². The molecule has 26 heavy (non-hydrogen) atoms. The normalized spacial score (nSPS) is 18.0. The van der Waals surface area contributed by atoms with Gasteiger partial charge in [-0.3, -0.25) is 14.5 Å². The van der Waals surface area contributed by atoms with Crippen molar-refractivity contribution in [1.82, 2.24) is 10.2 Å². The molecular weight excluding hydrogens is 334 g/mol. The van der Waals surface area contributed by atoms with Gasteiger partial charge in [-0.25, -0.2) is 4.79 Å². The van der Waals surface area contributed by atoms with Crippen molar-refractivity contribution in [1.29, 1.82) is 0 Å². The van der Waals surface area contributed by atoms with Crippen LogP contribution in [0.15, 0.2) is 24.3 Å². The number of aryl methyl sites for hydroxylation is 1. The minimum atomic E-state index is -0.761. The number of nitrogens with one attached hydrogen (secondary N) is 2. The smallest absolute Gasteiger partial charge is 0.410 e. The van der Waals surface area contributed by atoms with E-state index in [1.807, 2.05) is 24.3 Å². The number of carbonyl (C=O) groups is 3. The maximum Gasteiger partial charge on any atom is 0.410 e. The van der Waals surface area contributed by atoms with Crippen molar-refractivity contribution in [3.63, 3.8) is 0 Å². The number of para-hydroxylation sites is 1. The molecule has 0 fully saturated rings. The lowest BCUT2D eigenvalue weighted by molar-refractivity contribution is -0.129. The maximum atomic E-state index is 12.5. The van der Waals surface area contributed by atoms with Gasteiger partial charge in [0, 0.05) is 12.7 Å². The summed E-state index contributed by atoms with van der Waals surface area (Å²) in [4.78, 5) is 38.2. The van der Waals surface area contributed by atoms with Crippen LogP contribution in [0.4, 0.5) is 10.5 Å². The van der Waals surface area contributed by atoms with Gasteiger partial charge in [0.25, 0.3) is 0 Å². The fourth-order valence-electron chi connectivity index (χ4n) is 2.61. The largest absolute Gasteiger partial charge is 0.444 e. The van der Waals surface area contributed by atoms with E-state index in [0.717, 1.165) is 11.3 Å². The SMILES string of the molecule is CC(C(=O)N[C@H]1CCc2ccccc2NC1=O)N(C)C(=O)OC(C)(C)C. The van der Waals surface area contributed by atoms with Crippen molar-refractivity contribution in [2.45, 2.75) is 58.2 Å². The van der Waals surface area contributed by atoms with Crippen molar-refractivity contribution < 1.29 is 19.1 Å². The lowest BCUT2D eigenvalue weighted by Crippen LogP contribution is -2.52. The molecule has 1 unspecified atom stereocenters. The molecular formula is C19H27N3O4. The first kappa shape index (κ1) is 19.8. The highest BCUT2D eigenvalue weighted by Gasteiger charge is 2.30. The molecule has 0 bridgehead atoms. The average Bonchev–Trinajstić information content (AvgIpc) is 2.71. The molecule has 7 heteroatoms. The van der Waals surface area contributed by atoms with E-state index in [-0.39, 0.29) is 5.91 Å². The zero-order valence-electron chi connectivity index (χ0n) is 16.0. The van der Waals surface area contributed by atoms with Gasteiger partial charge in [0.05, 0.1) is 0 Å². The first-order valence-corrected chi connectivity index (χ1v) is 8.73. The second kappa shape index (κ2) is 7.76. The molecule has 0 saturated carbocycles. The number of carbonyl (C=O) groups excluding carboxylic acids is 3. The molecule has 1 aliphatic rings. The Balaban J connectivity index is 1.98. The number of hydrogen-bond acceptors (Lipinski definition) is 4. The molecule has 1 aromatic carbocycles. The van der Waals surface area contributed by atoms with Crippen LogP contribution in [0.1, 0.15) is 39.7 Å². The molecule has 0 aliphatic carbocycles. The van der Waals surface area contributed by atoms with Crippen LogP contribution in [0.2, 0.25) is 0 Å². The number of nitrogens with zero attached hydrogens (tertiary/aromatic N) is 1. The van der Waals surface area contributed by atoms with Crippen LogP contribution >= 0.6 is 0 Å². The van der Waals surface area contributed by atoms with Gasteiger partial charge in [0.15, 0.2) is 0 Å². The van der Waals surface area contributed by atoms with Crippen LogP contribution in [0.5, 0.6) is 0 Å². The molecule has 2 atom stereocenters. The van der Waals surface area contributed by atoms with Gasteiger partial charge in [-0.05, 0) is 52.2 Å². The summed E-state index contributed by atoms with van der Waals surface area (Å²) in [6.07, 6.45) is 0.589. The molecule has 0 saturated heterocycles. The quantitative estimate of drug-likeness (QED) is 0.865. The molecule has 142 valence electrons. The van der Waals surface area contributed by atoms with Crippen molar-refractivity contribution in [2.75, 3.05) is 12.4 Å². The van der Waals surface area contributed by atoms with Crippen molar-refractivity contribution in [2.24, 2.45) is 0 Å². The lowest BCUT2D eigenvalue weighted by Gasteiger charge is -2.29. The van der Waals surface area contributed by atoms with Gasteiger partial charge < -0.3 is 15.4 Å². The summed E-state index contributed by atoms with van der Waals surface area (Å²) >= 11 is 0. The molecule has 0 radical (unpaired) electrons. The number of amides is 3. The average molecular weight is 361 g/mol. The monoisotopic (exact) mass is 361 g/mol. The number of hydrogen-bond donors (Lipinski definition) is 2. The number of anilines is 1. The fourth-order valence-corrected chi connectivity index (χ4v) is 2.61. The summed E-state index contributed by atoms with van der Waals surface area (Å²) in [7, 11) is 1.50. The molecule has 1 aliphatic heterocycles. The van der Waals surface area contributed by atoms with E-state index in [1.54, 1.807) is 27.7 Å². The summed E-state index contributed by atoms with van der Waals surface area (Å²) in [5.41, 5.74) is 1.17. The maximum absolute atomic E-state index is 12.5. The first-order valence-electron chi connectivity index (χ1n) is 8.73. The Morgan fingerprint density at radius 3 is 2.62 bits per heavy atom. The van der Waals surface area contributed by atoms with Crippen molar-refractivity contribution in [3.05, 3.63) is 29.8 Å². The Morgan fingerprint density at radius 1 is 1.31 bits per heavy atom. The molecule has 0 aromatic heterocycles. The van der Waals surface area contributed by atoms with E-state index in [1.165, 1.54) is 11.9 Å². The van der Waals surface area contributed by atoms with Gasteiger partial charge in [-0.1, -0.05) is 18.2 Å². The van der Waals surface area contributed by atoms with E-state index in [0.29, 0.717) is 12.8 Å². The first-order chi connectivity index (χ1) is 12.1. The second-order valence-corrected chi connectivity index (χ2v) is 7.51. The number of rotatable bonds is 3. The van der Waals surface area contributed by atoms with E-state index in [2.05, 4.69) is 10.6 Å². The third-order valence-electron chi connectivity index (χ3n) is 4.25. The van der Waals surface area contributed by atoms with Crippen LogP contribution in [-0.2, 0) is 20.7 Å². The van der Waals surface area contributed by atoms with Crippen molar-refractivity contribution >= 4 is 23.6 Å². The second-order valence-electron chi connectivity index (χ2n) is 7.51. The minimum absolute atomic E-state index is 0.254. The summed E-state index contributed by atoms with van der Waals surface area (Å²) in [5, 5.41) is 5.58. The van der Waals surface area contributed by atoms with Gasteiger partial charge in [-0.15, -0.1) is 0 Å². The summed E-state index contributed by atoms with van der Waals surface area (Å²) in [6, 6.07) is 6.17. The highest BCUT2D eigenvalue weighted by molar-refractivity contribution is 5.99. The van der Waals surface area contributed by atoms with Crippen LogP contribution < -0.4 is 10.6 Å². The van der Waals surface area contributed by atoms with Gasteiger partial charge in [0.2, 0.25) is 11.8 Å². The van der Waals surface area contributed by atoms with E-state index < -0.39 is 29.7 Å². The van der Waals surface area contributed by atoms with Crippen LogP contribution in [0.3, 0.4) is 0 Å². The molecule has 2 rings (SSSR count). The molecule has 1 aromatic rings. The van der Waals surface area contributed by atoms with Crippen LogP contribution in [0, 0.1) is 0 Å². The Labute approximate surface area is 154 Å². The molecule has 2 N–H and O–H groups in total. The van der Waals surface area contributed by atoms with E-state index in [9.17, 15) is 14.4 Å². The Kier molecular flexibility index (Phi) is 5.90. The zero-order chi connectivity index (χ0) is 19.5. The summed E-state index contributed by atoms with van der Waals surface area (Å²) < 4.78 is 5.27. The Bertz CT molecular complexity index is 696. The summed E-state index contributed by atoms with van der Waals surface area (Å²) in [5.74, 6) is -0.653. The number of benzene rings is 1.